The third kappa shape index (κ3) is 7.06. The number of carbonyl (C=O) groups is 2. The fourth-order valence-electron chi connectivity index (χ4n) is 2.54. The van der Waals surface area contributed by atoms with E-state index in [1.807, 2.05) is 32.0 Å². The van der Waals surface area contributed by atoms with Crippen LogP contribution in [0.5, 0.6) is 11.5 Å². The summed E-state index contributed by atoms with van der Waals surface area (Å²) < 4.78 is 39.0. The standard InChI is InChI=1S/C21H23F2NO5/c1-13-4-5-15(8-14(13)2)10-20(26)28-12-19(25)24-11-16-6-7-17(29-21(22)23)18(9-16)27-3/h4-9,21H,10-12H2,1-3H3,(H,24,25). The first kappa shape index (κ1) is 22.1. The number of hydrogen-bond donors (Lipinski definition) is 1. The molecule has 0 bridgehead atoms. The summed E-state index contributed by atoms with van der Waals surface area (Å²) in [6.07, 6.45) is 0.0806. The Labute approximate surface area is 167 Å². The minimum atomic E-state index is -2.96. The largest absolute Gasteiger partial charge is 0.493 e. The normalized spacial score (nSPS) is 10.6. The van der Waals surface area contributed by atoms with Crippen molar-refractivity contribution in [1.82, 2.24) is 5.32 Å². The van der Waals surface area contributed by atoms with E-state index in [1.165, 1.54) is 25.3 Å². The molecule has 0 fully saturated rings. The van der Waals surface area contributed by atoms with Crippen LogP contribution in [0.4, 0.5) is 8.78 Å². The van der Waals surface area contributed by atoms with Crippen molar-refractivity contribution >= 4 is 11.9 Å². The molecule has 156 valence electrons. The second-order valence-electron chi connectivity index (χ2n) is 6.40. The maximum absolute atomic E-state index is 12.3. The zero-order valence-electron chi connectivity index (χ0n) is 16.5. The van der Waals surface area contributed by atoms with E-state index >= 15 is 0 Å². The van der Waals surface area contributed by atoms with E-state index in [0.29, 0.717) is 5.56 Å². The number of halogens is 2. The van der Waals surface area contributed by atoms with Crippen LogP contribution in [-0.2, 0) is 27.3 Å². The van der Waals surface area contributed by atoms with E-state index in [9.17, 15) is 18.4 Å². The van der Waals surface area contributed by atoms with Crippen LogP contribution in [0.15, 0.2) is 36.4 Å². The Morgan fingerprint density at radius 1 is 1.00 bits per heavy atom. The van der Waals surface area contributed by atoms with Gasteiger partial charge in [-0.25, -0.2) is 0 Å². The highest BCUT2D eigenvalue weighted by Crippen LogP contribution is 2.29. The van der Waals surface area contributed by atoms with Gasteiger partial charge in [-0.3, -0.25) is 9.59 Å². The average Bonchev–Trinajstić information content (AvgIpc) is 2.68. The molecule has 0 saturated carbocycles. The van der Waals surface area contributed by atoms with Crippen molar-refractivity contribution in [3.63, 3.8) is 0 Å². The quantitative estimate of drug-likeness (QED) is 0.646. The van der Waals surface area contributed by atoms with Crippen LogP contribution in [-0.4, -0.2) is 32.2 Å². The van der Waals surface area contributed by atoms with Crippen LogP contribution in [0.2, 0.25) is 0 Å². The third-order valence-electron chi connectivity index (χ3n) is 4.22. The van der Waals surface area contributed by atoms with Crippen LogP contribution < -0.4 is 14.8 Å². The molecule has 2 aromatic carbocycles. The van der Waals surface area contributed by atoms with Gasteiger partial charge in [0.15, 0.2) is 18.1 Å². The van der Waals surface area contributed by atoms with Crippen LogP contribution in [0.25, 0.3) is 0 Å². The number of ether oxygens (including phenoxy) is 3. The predicted molar refractivity (Wildman–Crippen MR) is 102 cm³/mol. The smallest absolute Gasteiger partial charge is 0.387 e. The van der Waals surface area contributed by atoms with Crippen LogP contribution in [0.3, 0.4) is 0 Å². The summed E-state index contributed by atoms with van der Waals surface area (Å²) in [5.41, 5.74) is 3.63. The number of nitrogens with one attached hydrogen (secondary N) is 1. The summed E-state index contributed by atoms with van der Waals surface area (Å²) in [5, 5.41) is 2.59. The lowest BCUT2D eigenvalue weighted by molar-refractivity contribution is -0.147. The fourth-order valence-corrected chi connectivity index (χ4v) is 2.54. The SMILES string of the molecule is COc1cc(CNC(=O)COC(=O)Cc2ccc(C)c(C)c2)ccc1OC(F)F. The summed E-state index contributed by atoms with van der Waals surface area (Å²) in [5.74, 6) is -0.960. The molecule has 0 unspecified atom stereocenters. The number of benzene rings is 2. The van der Waals surface area contributed by atoms with Crippen LogP contribution in [0, 0.1) is 13.8 Å². The highest BCUT2D eigenvalue weighted by molar-refractivity contribution is 5.81. The summed E-state index contributed by atoms with van der Waals surface area (Å²) in [7, 11) is 1.32. The van der Waals surface area contributed by atoms with Crippen molar-refractivity contribution in [2.75, 3.05) is 13.7 Å². The van der Waals surface area contributed by atoms with Gasteiger partial charge < -0.3 is 19.5 Å². The number of aryl methyl sites for hydroxylation is 2. The van der Waals surface area contributed by atoms with Gasteiger partial charge in [0.05, 0.1) is 13.5 Å². The predicted octanol–water partition coefficient (Wildman–Crippen LogP) is 3.32. The van der Waals surface area contributed by atoms with E-state index in [1.54, 1.807) is 0 Å². The number of carbonyl (C=O) groups excluding carboxylic acids is 2. The summed E-state index contributed by atoms with van der Waals surface area (Å²) in [4.78, 5) is 23.8. The fraction of sp³-hybridized carbons (Fsp3) is 0.333. The Morgan fingerprint density at radius 2 is 1.72 bits per heavy atom. The topological polar surface area (TPSA) is 73.9 Å². The molecule has 0 aliphatic carbocycles. The van der Waals surface area contributed by atoms with Gasteiger partial charge in [0, 0.05) is 6.54 Å². The molecule has 0 spiro atoms. The molecule has 1 N–H and O–H groups in total. The Balaban J connectivity index is 1.80. The van der Waals surface area contributed by atoms with Gasteiger partial charge >= 0.3 is 12.6 Å². The lowest BCUT2D eigenvalue weighted by atomic mass is 10.0. The number of methoxy groups -OCH3 is 1. The molecule has 0 aliphatic rings. The molecule has 2 aromatic rings. The van der Waals surface area contributed by atoms with Crippen molar-refractivity contribution in [2.24, 2.45) is 0 Å². The molecule has 0 saturated heterocycles. The van der Waals surface area contributed by atoms with E-state index in [0.717, 1.165) is 16.7 Å². The van der Waals surface area contributed by atoms with Crippen LogP contribution in [0.1, 0.15) is 22.3 Å². The first-order valence-electron chi connectivity index (χ1n) is 8.88. The molecule has 0 aromatic heterocycles. The molecular formula is C21H23F2NO5. The second-order valence-corrected chi connectivity index (χ2v) is 6.40. The summed E-state index contributed by atoms with van der Waals surface area (Å²) in [6.45, 7) is 0.676. The van der Waals surface area contributed by atoms with E-state index in [4.69, 9.17) is 9.47 Å². The maximum Gasteiger partial charge on any atom is 0.387 e. The summed E-state index contributed by atoms with van der Waals surface area (Å²) >= 11 is 0. The first-order chi connectivity index (χ1) is 13.8. The van der Waals surface area contributed by atoms with Crippen LogP contribution >= 0.6 is 0 Å². The number of hydrogen-bond acceptors (Lipinski definition) is 5. The van der Waals surface area contributed by atoms with Gasteiger partial charge in [-0.1, -0.05) is 24.3 Å². The lowest BCUT2D eigenvalue weighted by Gasteiger charge is -2.12. The molecular weight excluding hydrogens is 384 g/mol. The average molecular weight is 407 g/mol. The molecule has 0 radical (unpaired) electrons. The molecule has 8 heteroatoms. The Kier molecular flexibility index (Phi) is 7.94. The lowest BCUT2D eigenvalue weighted by Crippen LogP contribution is -2.28. The minimum absolute atomic E-state index is 0.0806. The Morgan fingerprint density at radius 3 is 2.38 bits per heavy atom. The van der Waals surface area contributed by atoms with Gasteiger partial charge in [-0.05, 0) is 48.2 Å². The molecule has 0 heterocycles. The highest BCUT2D eigenvalue weighted by Gasteiger charge is 2.12. The van der Waals surface area contributed by atoms with Gasteiger partial charge in [-0.15, -0.1) is 0 Å². The third-order valence-corrected chi connectivity index (χ3v) is 4.22. The van der Waals surface area contributed by atoms with Gasteiger partial charge in [0.1, 0.15) is 0 Å². The number of amides is 1. The number of alkyl halides is 2. The molecule has 2 rings (SSSR count). The van der Waals surface area contributed by atoms with Gasteiger partial charge in [0.2, 0.25) is 0 Å². The van der Waals surface area contributed by atoms with E-state index < -0.39 is 25.1 Å². The van der Waals surface area contributed by atoms with Crippen molar-refractivity contribution < 1.29 is 32.6 Å². The Bertz CT molecular complexity index is 870. The number of rotatable bonds is 9. The zero-order valence-corrected chi connectivity index (χ0v) is 16.5. The molecule has 0 atom stereocenters. The molecule has 29 heavy (non-hydrogen) atoms. The summed E-state index contributed by atoms with van der Waals surface area (Å²) in [6, 6.07) is 10.0. The Hall–Kier alpha value is -3.16. The van der Waals surface area contributed by atoms with Gasteiger partial charge in [0.25, 0.3) is 5.91 Å². The van der Waals surface area contributed by atoms with E-state index in [-0.39, 0.29) is 24.5 Å². The molecule has 1 amide bonds. The van der Waals surface area contributed by atoms with Crippen molar-refractivity contribution in [3.05, 3.63) is 58.7 Å². The van der Waals surface area contributed by atoms with Crippen molar-refractivity contribution in [1.29, 1.82) is 0 Å². The van der Waals surface area contributed by atoms with Gasteiger partial charge in [-0.2, -0.15) is 8.78 Å². The van der Waals surface area contributed by atoms with Crippen molar-refractivity contribution in [3.8, 4) is 11.5 Å². The highest BCUT2D eigenvalue weighted by atomic mass is 19.3. The minimum Gasteiger partial charge on any atom is -0.493 e. The monoisotopic (exact) mass is 407 g/mol. The second kappa shape index (κ2) is 10.4. The van der Waals surface area contributed by atoms with E-state index in [2.05, 4.69) is 10.1 Å². The zero-order chi connectivity index (χ0) is 21.4. The first-order valence-corrected chi connectivity index (χ1v) is 8.88. The maximum atomic E-state index is 12.3. The molecule has 0 aliphatic heterocycles. The van der Waals surface area contributed by atoms with Crippen molar-refractivity contribution in [2.45, 2.75) is 33.4 Å². The molecule has 6 nitrogen and oxygen atoms in total. The number of esters is 1.